The maximum absolute atomic E-state index is 5.86. The van der Waals surface area contributed by atoms with E-state index in [0.717, 1.165) is 28.2 Å². The standard InChI is InChI=1S/C17H19N3O/c1-11(2)21-16-10-18-8-7-13(16)17-19-14-9-12(3)5-6-15(14)20(17)4/h5-11H,1-4H3. The maximum Gasteiger partial charge on any atom is 0.148 e. The first-order chi connectivity index (χ1) is 10.1. The van der Waals surface area contributed by atoms with Gasteiger partial charge in [-0.1, -0.05) is 6.07 Å². The van der Waals surface area contributed by atoms with Gasteiger partial charge in [0, 0.05) is 13.2 Å². The van der Waals surface area contributed by atoms with E-state index in [-0.39, 0.29) is 6.10 Å². The van der Waals surface area contributed by atoms with Crippen LogP contribution >= 0.6 is 0 Å². The average Bonchev–Trinajstić information content (AvgIpc) is 2.75. The van der Waals surface area contributed by atoms with Crippen molar-refractivity contribution in [1.29, 1.82) is 0 Å². The molecule has 0 aliphatic heterocycles. The summed E-state index contributed by atoms with van der Waals surface area (Å²) in [5.74, 6) is 1.66. The summed E-state index contributed by atoms with van der Waals surface area (Å²) in [6.45, 7) is 6.09. The first kappa shape index (κ1) is 13.6. The molecule has 3 aromatic rings. The molecular weight excluding hydrogens is 262 g/mol. The summed E-state index contributed by atoms with van der Waals surface area (Å²) in [5.41, 5.74) is 4.29. The Balaban J connectivity index is 2.19. The second kappa shape index (κ2) is 5.20. The van der Waals surface area contributed by atoms with Crippen molar-refractivity contribution in [3.8, 4) is 17.1 Å². The fraction of sp³-hybridized carbons (Fsp3) is 0.294. The van der Waals surface area contributed by atoms with Crippen LogP contribution in [0.25, 0.3) is 22.4 Å². The van der Waals surface area contributed by atoms with Crippen molar-refractivity contribution in [1.82, 2.24) is 14.5 Å². The van der Waals surface area contributed by atoms with Crippen LogP contribution in [-0.4, -0.2) is 20.6 Å². The fourth-order valence-corrected chi connectivity index (χ4v) is 2.46. The first-order valence-electron chi connectivity index (χ1n) is 7.10. The van der Waals surface area contributed by atoms with Gasteiger partial charge in [0.05, 0.1) is 28.9 Å². The molecule has 0 N–H and O–H groups in total. The average molecular weight is 281 g/mol. The van der Waals surface area contributed by atoms with E-state index in [1.54, 1.807) is 12.4 Å². The molecule has 0 aliphatic rings. The maximum atomic E-state index is 5.86. The Bertz CT molecular complexity index is 790. The van der Waals surface area contributed by atoms with Crippen molar-refractivity contribution in [3.05, 3.63) is 42.2 Å². The predicted molar refractivity (Wildman–Crippen MR) is 84.4 cm³/mol. The van der Waals surface area contributed by atoms with Crippen molar-refractivity contribution in [2.24, 2.45) is 7.05 Å². The minimum atomic E-state index is 0.102. The molecule has 0 fully saturated rings. The Morgan fingerprint density at radius 2 is 2.00 bits per heavy atom. The van der Waals surface area contributed by atoms with Crippen LogP contribution in [-0.2, 0) is 7.05 Å². The third-order valence-electron chi connectivity index (χ3n) is 3.42. The predicted octanol–water partition coefficient (Wildman–Crippen LogP) is 3.73. The quantitative estimate of drug-likeness (QED) is 0.734. The molecule has 0 atom stereocenters. The number of hydrogen-bond donors (Lipinski definition) is 0. The van der Waals surface area contributed by atoms with Gasteiger partial charge in [0.2, 0.25) is 0 Å². The third-order valence-corrected chi connectivity index (χ3v) is 3.42. The SMILES string of the molecule is Cc1ccc2c(c1)nc(-c1ccncc1OC(C)C)n2C. The molecule has 108 valence electrons. The number of imidazole rings is 1. The van der Waals surface area contributed by atoms with E-state index >= 15 is 0 Å². The van der Waals surface area contributed by atoms with Crippen LogP contribution in [0.1, 0.15) is 19.4 Å². The van der Waals surface area contributed by atoms with Gasteiger partial charge in [0.1, 0.15) is 11.6 Å². The number of aromatic nitrogens is 3. The topological polar surface area (TPSA) is 39.9 Å². The summed E-state index contributed by atoms with van der Waals surface area (Å²) in [6, 6.07) is 8.26. The summed E-state index contributed by atoms with van der Waals surface area (Å²) < 4.78 is 7.95. The lowest BCUT2D eigenvalue weighted by Gasteiger charge is -2.13. The number of fused-ring (bicyclic) bond motifs is 1. The molecule has 0 spiro atoms. The van der Waals surface area contributed by atoms with E-state index in [1.165, 1.54) is 5.56 Å². The van der Waals surface area contributed by atoms with Crippen LogP contribution in [0, 0.1) is 6.92 Å². The van der Waals surface area contributed by atoms with Crippen molar-refractivity contribution >= 4 is 11.0 Å². The van der Waals surface area contributed by atoms with E-state index < -0.39 is 0 Å². The molecule has 0 amide bonds. The molecule has 21 heavy (non-hydrogen) atoms. The van der Waals surface area contributed by atoms with Crippen LogP contribution in [0.3, 0.4) is 0 Å². The van der Waals surface area contributed by atoms with Gasteiger partial charge in [-0.3, -0.25) is 4.98 Å². The molecular formula is C17H19N3O. The van der Waals surface area contributed by atoms with Gasteiger partial charge in [0.15, 0.2) is 0 Å². The van der Waals surface area contributed by atoms with Gasteiger partial charge in [-0.2, -0.15) is 0 Å². The number of ether oxygens (including phenoxy) is 1. The Morgan fingerprint density at radius 3 is 2.76 bits per heavy atom. The molecule has 4 nitrogen and oxygen atoms in total. The molecule has 0 radical (unpaired) electrons. The molecule has 0 aliphatic carbocycles. The summed E-state index contributed by atoms with van der Waals surface area (Å²) in [4.78, 5) is 8.93. The van der Waals surface area contributed by atoms with Gasteiger partial charge in [-0.15, -0.1) is 0 Å². The van der Waals surface area contributed by atoms with Crippen molar-refractivity contribution in [3.63, 3.8) is 0 Å². The minimum Gasteiger partial charge on any atom is -0.489 e. The van der Waals surface area contributed by atoms with E-state index in [1.807, 2.05) is 27.0 Å². The summed E-state index contributed by atoms with van der Waals surface area (Å²) in [6.07, 6.45) is 3.62. The zero-order chi connectivity index (χ0) is 15.0. The minimum absolute atomic E-state index is 0.102. The second-order valence-corrected chi connectivity index (χ2v) is 5.53. The van der Waals surface area contributed by atoms with Crippen molar-refractivity contribution in [2.45, 2.75) is 26.9 Å². The number of benzene rings is 1. The number of aryl methyl sites for hydroxylation is 2. The van der Waals surface area contributed by atoms with Crippen molar-refractivity contribution in [2.75, 3.05) is 0 Å². The van der Waals surface area contributed by atoms with Crippen LogP contribution in [0.4, 0.5) is 0 Å². The number of pyridine rings is 1. The summed E-state index contributed by atoms with van der Waals surface area (Å²) in [5, 5.41) is 0. The lowest BCUT2D eigenvalue weighted by molar-refractivity contribution is 0.242. The number of rotatable bonds is 3. The Labute approximate surface area is 124 Å². The highest BCUT2D eigenvalue weighted by Gasteiger charge is 2.15. The zero-order valence-electron chi connectivity index (χ0n) is 12.8. The van der Waals surface area contributed by atoms with E-state index in [9.17, 15) is 0 Å². The Kier molecular flexibility index (Phi) is 3.37. The van der Waals surface area contributed by atoms with Crippen LogP contribution in [0.2, 0.25) is 0 Å². The Morgan fingerprint density at radius 1 is 1.19 bits per heavy atom. The molecule has 2 heterocycles. The van der Waals surface area contributed by atoms with Gasteiger partial charge < -0.3 is 9.30 Å². The lowest BCUT2D eigenvalue weighted by Crippen LogP contribution is -2.07. The monoisotopic (exact) mass is 281 g/mol. The highest BCUT2D eigenvalue weighted by Crippen LogP contribution is 2.31. The van der Waals surface area contributed by atoms with E-state index in [0.29, 0.717) is 0 Å². The van der Waals surface area contributed by atoms with E-state index in [2.05, 4.69) is 34.7 Å². The van der Waals surface area contributed by atoms with Gasteiger partial charge in [0.25, 0.3) is 0 Å². The molecule has 0 saturated carbocycles. The fourth-order valence-electron chi connectivity index (χ4n) is 2.46. The molecule has 0 unspecified atom stereocenters. The smallest absolute Gasteiger partial charge is 0.148 e. The molecule has 4 heteroatoms. The molecule has 3 rings (SSSR count). The third kappa shape index (κ3) is 2.49. The van der Waals surface area contributed by atoms with Crippen LogP contribution in [0.15, 0.2) is 36.7 Å². The largest absolute Gasteiger partial charge is 0.489 e. The van der Waals surface area contributed by atoms with Gasteiger partial charge in [-0.05, 0) is 44.5 Å². The molecule has 1 aromatic carbocycles. The van der Waals surface area contributed by atoms with Crippen LogP contribution in [0.5, 0.6) is 5.75 Å². The Hall–Kier alpha value is -2.36. The summed E-state index contributed by atoms with van der Waals surface area (Å²) >= 11 is 0. The normalized spacial score (nSPS) is 11.3. The number of hydrogen-bond acceptors (Lipinski definition) is 3. The molecule has 0 bridgehead atoms. The van der Waals surface area contributed by atoms with Gasteiger partial charge >= 0.3 is 0 Å². The zero-order valence-corrected chi connectivity index (χ0v) is 12.8. The van der Waals surface area contributed by atoms with Crippen LogP contribution < -0.4 is 4.74 Å². The second-order valence-electron chi connectivity index (χ2n) is 5.53. The van der Waals surface area contributed by atoms with Crippen molar-refractivity contribution < 1.29 is 4.74 Å². The molecule has 2 aromatic heterocycles. The lowest BCUT2D eigenvalue weighted by atomic mass is 10.2. The first-order valence-corrected chi connectivity index (χ1v) is 7.10. The molecule has 0 saturated heterocycles. The highest BCUT2D eigenvalue weighted by atomic mass is 16.5. The van der Waals surface area contributed by atoms with Gasteiger partial charge in [-0.25, -0.2) is 4.98 Å². The van der Waals surface area contributed by atoms with E-state index in [4.69, 9.17) is 9.72 Å². The summed E-state index contributed by atoms with van der Waals surface area (Å²) in [7, 11) is 2.03. The highest BCUT2D eigenvalue weighted by molar-refractivity contribution is 5.82. The number of nitrogens with zero attached hydrogens (tertiary/aromatic N) is 3.